The minimum atomic E-state index is -3.80. The summed E-state index contributed by atoms with van der Waals surface area (Å²) in [5.41, 5.74) is -0.646. The zero-order chi connectivity index (χ0) is 20.9. The highest BCUT2D eigenvalue weighted by molar-refractivity contribution is 8.00. The number of amides is 1. The summed E-state index contributed by atoms with van der Waals surface area (Å²) in [6.45, 7) is 1.17. The van der Waals surface area contributed by atoms with Gasteiger partial charge in [-0.1, -0.05) is 18.2 Å². The highest BCUT2D eigenvalue weighted by Gasteiger charge is 2.28. The molecule has 0 aliphatic heterocycles. The lowest BCUT2D eigenvalue weighted by Crippen LogP contribution is -2.42. The molecule has 1 aromatic heterocycles. The van der Waals surface area contributed by atoms with E-state index in [1.54, 1.807) is 18.2 Å². The second-order valence-electron chi connectivity index (χ2n) is 5.80. The normalized spacial score (nSPS) is 13.6. The molecule has 0 saturated heterocycles. The lowest BCUT2D eigenvalue weighted by atomic mass is 10.3. The van der Waals surface area contributed by atoms with Gasteiger partial charge in [0.05, 0.1) is 10.6 Å². The number of aryl methyl sites for hydroxylation is 1. The SMILES string of the molecule is CC(=O)N[C@@H](CSC(CS(=O)(=O)c1ccccc1)n1nnn(C)c1=O)C(=O)O. The Morgan fingerprint density at radius 1 is 1.25 bits per heavy atom. The number of rotatable bonds is 9. The van der Waals surface area contributed by atoms with Crippen LogP contribution in [0.4, 0.5) is 0 Å². The van der Waals surface area contributed by atoms with Crippen molar-refractivity contribution in [2.75, 3.05) is 11.5 Å². The fourth-order valence-corrected chi connectivity index (χ4v) is 5.35. The van der Waals surface area contributed by atoms with Gasteiger partial charge in [-0.15, -0.1) is 11.8 Å². The first kappa shape index (κ1) is 21.6. The number of sulfone groups is 1. The van der Waals surface area contributed by atoms with Crippen molar-refractivity contribution in [3.63, 3.8) is 0 Å². The van der Waals surface area contributed by atoms with E-state index < -0.39 is 44.6 Å². The fraction of sp³-hybridized carbons (Fsp3) is 0.400. The molecule has 0 saturated carbocycles. The summed E-state index contributed by atoms with van der Waals surface area (Å²) >= 11 is 0.875. The largest absolute Gasteiger partial charge is 0.480 e. The van der Waals surface area contributed by atoms with Crippen LogP contribution in [0.1, 0.15) is 12.3 Å². The van der Waals surface area contributed by atoms with Crippen LogP contribution >= 0.6 is 11.8 Å². The van der Waals surface area contributed by atoms with E-state index >= 15 is 0 Å². The van der Waals surface area contributed by atoms with Crippen LogP contribution in [0.2, 0.25) is 0 Å². The van der Waals surface area contributed by atoms with Crippen molar-refractivity contribution in [3.05, 3.63) is 40.8 Å². The highest BCUT2D eigenvalue weighted by Crippen LogP contribution is 2.26. The Bertz CT molecular complexity index is 1000. The molecule has 11 nitrogen and oxygen atoms in total. The predicted molar refractivity (Wildman–Crippen MR) is 100 cm³/mol. The van der Waals surface area contributed by atoms with Gasteiger partial charge in [0.25, 0.3) is 0 Å². The molecule has 1 unspecified atom stereocenters. The van der Waals surface area contributed by atoms with Crippen LogP contribution in [-0.4, -0.2) is 62.7 Å². The Morgan fingerprint density at radius 2 is 1.89 bits per heavy atom. The average molecular weight is 429 g/mol. The number of carboxylic acid groups (broad SMARTS) is 1. The number of hydrogen-bond acceptors (Lipinski definition) is 8. The van der Waals surface area contributed by atoms with Gasteiger partial charge in [0.2, 0.25) is 5.91 Å². The van der Waals surface area contributed by atoms with Crippen molar-refractivity contribution in [3.8, 4) is 0 Å². The summed E-state index contributed by atoms with van der Waals surface area (Å²) in [4.78, 5) is 34.8. The molecule has 13 heteroatoms. The van der Waals surface area contributed by atoms with Gasteiger partial charge in [0, 0.05) is 19.7 Å². The number of tetrazole rings is 1. The molecule has 0 spiro atoms. The molecule has 2 aromatic rings. The first-order valence-electron chi connectivity index (χ1n) is 7.99. The van der Waals surface area contributed by atoms with Gasteiger partial charge in [-0.25, -0.2) is 18.0 Å². The number of carboxylic acids is 1. The Balaban J connectivity index is 2.30. The average Bonchev–Trinajstić information content (AvgIpc) is 2.96. The highest BCUT2D eigenvalue weighted by atomic mass is 32.2. The van der Waals surface area contributed by atoms with E-state index in [4.69, 9.17) is 0 Å². The van der Waals surface area contributed by atoms with E-state index in [0.29, 0.717) is 0 Å². The molecule has 0 radical (unpaired) electrons. The second-order valence-corrected chi connectivity index (χ2v) is 9.05. The molecule has 1 aromatic carbocycles. The minimum Gasteiger partial charge on any atom is -0.480 e. The van der Waals surface area contributed by atoms with Crippen molar-refractivity contribution >= 4 is 33.5 Å². The molecular formula is C15H19N5O6S2. The lowest BCUT2D eigenvalue weighted by molar-refractivity contribution is -0.140. The van der Waals surface area contributed by atoms with Crippen molar-refractivity contribution < 1.29 is 23.1 Å². The quantitative estimate of drug-likeness (QED) is 0.525. The number of nitrogens with zero attached hydrogens (tertiary/aromatic N) is 4. The summed E-state index contributed by atoms with van der Waals surface area (Å²) < 4.78 is 27.3. The number of thioether (sulfide) groups is 1. The Kier molecular flexibility index (Phi) is 6.96. The van der Waals surface area contributed by atoms with Crippen molar-refractivity contribution in [2.45, 2.75) is 23.2 Å². The third-order valence-electron chi connectivity index (χ3n) is 3.61. The van der Waals surface area contributed by atoms with Gasteiger partial charge >= 0.3 is 11.7 Å². The standard InChI is InChI=1S/C15H19N5O6S2/c1-10(21)16-12(14(22)23)8-27-13(20-15(24)19(2)17-18-20)9-28(25,26)11-6-4-3-5-7-11/h3-7,12-13H,8-9H2,1-2H3,(H,16,21)(H,22,23)/t12-,13?/m0/s1. The van der Waals surface area contributed by atoms with Crippen molar-refractivity contribution in [1.82, 2.24) is 25.1 Å². The molecule has 0 aliphatic carbocycles. The number of nitrogens with one attached hydrogen (secondary N) is 1. The van der Waals surface area contributed by atoms with Crippen LogP contribution in [0.3, 0.4) is 0 Å². The number of hydrogen-bond donors (Lipinski definition) is 2. The third-order valence-corrected chi connectivity index (χ3v) is 6.84. The zero-order valence-electron chi connectivity index (χ0n) is 15.0. The smallest absolute Gasteiger partial charge is 0.364 e. The summed E-state index contributed by atoms with van der Waals surface area (Å²) in [6.07, 6.45) is 0. The molecule has 28 heavy (non-hydrogen) atoms. The van der Waals surface area contributed by atoms with Crippen LogP contribution < -0.4 is 11.0 Å². The topological polar surface area (TPSA) is 153 Å². The van der Waals surface area contributed by atoms with Crippen LogP contribution in [0.5, 0.6) is 0 Å². The van der Waals surface area contributed by atoms with Crippen LogP contribution in [-0.2, 0) is 26.5 Å². The number of carbonyl (C=O) groups excluding carboxylic acids is 1. The molecular weight excluding hydrogens is 410 g/mol. The van der Waals surface area contributed by atoms with E-state index in [2.05, 4.69) is 15.7 Å². The van der Waals surface area contributed by atoms with E-state index in [1.165, 1.54) is 26.1 Å². The Labute approximate surface area is 164 Å². The van der Waals surface area contributed by atoms with Crippen LogP contribution in [0.15, 0.2) is 40.0 Å². The zero-order valence-corrected chi connectivity index (χ0v) is 16.7. The minimum absolute atomic E-state index is 0.0641. The number of carbonyl (C=O) groups is 2. The second kappa shape index (κ2) is 9.01. The van der Waals surface area contributed by atoms with Gasteiger partial charge in [-0.05, 0) is 22.6 Å². The van der Waals surface area contributed by atoms with Gasteiger partial charge in [-0.2, -0.15) is 9.36 Å². The van der Waals surface area contributed by atoms with E-state index in [0.717, 1.165) is 21.1 Å². The third kappa shape index (κ3) is 5.42. The summed E-state index contributed by atoms with van der Waals surface area (Å²) in [6, 6.07) is 6.41. The Morgan fingerprint density at radius 3 is 2.39 bits per heavy atom. The Hall–Kier alpha value is -2.67. The number of aromatic nitrogens is 4. The van der Waals surface area contributed by atoms with Crippen molar-refractivity contribution in [2.24, 2.45) is 7.05 Å². The number of aliphatic carboxylic acids is 1. The maximum Gasteiger partial charge on any atom is 0.364 e. The molecule has 0 bridgehead atoms. The lowest BCUT2D eigenvalue weighted by Gasteiger charge is -2.19. The predicted octanol–water partition coefficient (Wildman–Crippen LogP) is -0.728. The van der Waals surface area contributed by atoms with E-state index in [1.807, 2.05) is 0 Å². The molecule has 1 amide bonds. The van der Waals surface area contributed by atoms with Gasteiger partial charge < -0.3 is 10.4 Å². The van der Waals surface area contributed by atoms with E-state index in [9.17, 15) is 27.9 Å². The maximum atomic E-state index is 12.7. The molecule has 2 N–H and O–H groups in total. The summed E-state index contributed by atoms with van der Waals surface area (Å²) in [5, 5.41) is 17.7. The summed E-state index contributed by atoms with van der Waals surface area (Å²) in [5.74, 6) is -2.50. The fourth-order valence-electron chi connectivity index (χ4n) is 2.24. The first-order chi connectivity index (χ1) is 13.1. The number of benzene rings is 1. The maximum absolute atomic E-state index is 12.7. The van der Waals surface area contributed by atoms with Gasteiger partial charge in [0.15, 0.2) is 9.84 Å². The van der Waals surface area contributed by atoms with Crippen molar-refractivity contribution in [1.29, 1.82) is 0 Å². The molecule has 1 heterocycles. The molecule has 152 valence electrons. The molecule has 0 fully saturated rings. The van der Waals surface area contributed by atoms with Crippen LogP contribution in [0, 0.1) is 0 Å². The van der Waals surface area contributed by atoms with Crippen LogP contribution in [0.25, 0.3) is 0 Å². The van der Waals surface area contributed by atoms with E-state index in [-0.39, 0.29) is 10.6 Å². The molecule has 2 atom stereocenters. The monoisotopic (exact) mass is 429 g/mol. The van der Waals surface area contributed by atoms with Gasteiger partial charge in [-0.3, -0.25) is 4.79 Å². The molecule has 0 aliphatic rings. The molecule has 2 rings (SSSR count). The summed E-state index contributed by atoms with van der Waals surface area (Å²) in [7, 11) is -2.44. The van der Waals surface area contributed by atoms with Gasteiger partial charge in [0.1, 0.15) is 11.4 Å². The first-order valence-corrected chi connectivity index (χ1v) is 10.7.